The summed E-state index contributed by atoms with van der Waals surface area (Å²) in [7, 11) is 0. The van der Waals surface area contributed by atoms with Crippen LogP contribution in [0.2, 0.25) is 5.02 Å². The predicted molar refractivity (Wildman–Crippen MR) is 82.7 cm³/mol. The van der Waals surface area contributed by atoms with Gasteiger partial charge in [0, 0.05) is 24.7 Å². The zero-order chi connectivity index (χ0) is 15.5. The number of nitrogens with one attached hydrogen (secondary N) is 1. The van der Waals surface area contributed by atoms with Crippen molar-refractivity contribution < 1.29 is 9.13 Å². The van der Waals surface area contributed by atoms with Crippen molar-refractivity contribution in [2.75, 3.05) is 26.3 Å². The van der Waals surface area contributed by atoms with Crippen molar-refractivity contribution in [1.82, 2.24) is 10.3 Å². The molecule has 0 aliphatic carbocycles. The number of nitrogens with zero attached hydrogens (tertiary/aromatic N) is 1. The summed E-state index contributed by atoms with van der Waals surface area (Å²) < 4.78 is 19.0. The molecule has 1 fully saturated rings. The molecule has 1 unspecified atom stereocenters. The van der Waals surface area contributed by atoms with Gasteiger partial charge in [-0.1, -0.05) is 23.7 Å². The molecule has 2 rings (SSSR count). The monoisotopic (exact) mass is 315 g/mol. The molecule has 6 heteroatoms. The first-order chi connectivity index (χ1) is 9.96. The molecule has 0 saturated carbocycles. The number of hydrazine groups is 1. The van der Waals surface area contributed by atoms with Crippen LogP contribution in [0.4, 0.5) is 4.39 Å². The molecule has 118 valence electrons. The number of halogens is 2. The van der Waals surface area contributed by atoms with E-state index in [-0.39, 0.29) is 16.6 Å². The van der Waals surface area contributed by atoms with Gasteiger partial charge in [0.2, 0.25) is 0 Å². The molecule has 0 radical (unpaired) electrons. The van der Waals surface area contributed by atoms with Crippen LogP contribution in [0.5, 0.6) is 0 Å². The summed E-state index contributed by atoms with van der Waals surface area (Å²) in [5.41, 5.74) is 3.45. The van der Waals surface area contributed by atoms with Crippen LogP contribution in [-0.4, -0.2) is 42.8 Å². The fourth-order valence-electron chi connectivity index (χ4n) is 2.80. The van der Waals surface area contributed by atoms with Gasteiger partial charge in [-0.15, -0.1) is 0 Å². The van der Waals surface area contributed by atoms with Crippen molar-refractivity contribution >= 4 is 11.6 Å². The Morgan fingerprint density at radius 2 is 2.10 bits per heavy atom. The van der Waals surface area contributed by atoms with Crippen LogP contribution in [-0.2, 0) is 11.2 Å². The van der Waals surface area contributed by atoms with Crippen molar-refractivity contribution in [3.63, 3.8) is 0 Å². The Morgan fingerprint density at radius 3 is 2.71 bits per heavy atom. The highest BCUT2D eigenvalue weighted by atomic mass is 35.5. The van der Waals surface area contributed by atoms with E-state index >= 15 is 0 Å². The van der Waals surface area contributed by atoms with Crippen LogP contribution in [0.15, 0.2) is 18.2 Å². The lowest BCUT2D eigenvalue weighted by atomic mass is 9.87. The lowest BCUT2D eigenvalue weighted by Gasteiger charge is -2.45. The van der Waals surface area contributed by atoms with E-state index in [9.17, 15) is 4.39 Å². The van der Waals surface area contributed by atoms with Crippen LogP contribution in [0, 0.1) is 5.82 Å². The molecule has 1 saturated heterocycles. The predicted octanol–water partition coefficient (Wildman–Crippen LogP) is 1.96. The van der Waals surface area contributed by atoms with E-state index in [1.807, 2.05) is 6.07 Å². The lowest BCUT2D eigenvalue weighted by Crippen LogP contribution is -2.62. The maximum atomic E-state index is 13.6. The summed E-state index contributed by atoms with van der Waals surface area (Å²) in [6, 6.07) is 4.83. The lowest BCUT2D eigenvalue weighted by molar-refractivity contribution is -0.0233. The zero-order valence-electron chi connectivity index (χ0n) is 12.5. The third-order valence-electron chi connectivity index (χ3n) is 4.34. The quantitative estimate of drug-likeness (QED) is 0.644. The third kappa shape index (κ3) is 3.73. The second kappa shape index (κ2) is 7.03. The Hall–Kier alpha value is -0.720. The summed E-state index contributed by atoms with van der Waals surface area (Å²) in [5, 5.41) is 0.176. The highest BCUT2D eigenvalue weighted by molar-refractivity contribution is 6.31. The first-order valence-electron chi connectivity index (χ1n) is 7.18. The minimum absolute atomic E-state index is 0.0464. The number of hydrogen-bond donors (Lipinski definition) is 2. The van der Waals surface area contributed by atoms with Crippen molar-refractivity contribution in [1.29, 1.82) is 0 Å². The first kappa shape index (κ1) is 16.6. The summed E-state index contributed by atoms with van der Waals surface area (Å²) in [6.07, 6.45) is 0.567. The van der Waals surface area contributed by atoms with Gasteiger partial charge >= 0.3 is 0 Å². The molecule has 4 nitrogen and oxygen atoms in total. The van der Waals surface area contributed by atoms with E-state index < -0.39 is 5.82 Å². The van der Waals surface area contributed by atoms with Gasteiger partial charge in [0.1, 0.15) is 5.82 Å². The average Bonchev–Trinajstić information content (AvgIpc) is 2.49. The van der Waals surface area contributed by atoms with E-state index in [1.165, 1.54) is 6.07 Å². The number of benzene rings is 1. The summed E-state index contributed by atoms with van der Waals surface area (Å²) in [6.45, 7) is 7.44. The van der Waals surface area contributed by atoms with Crippen molar-refractivity contribution in [2.45, 2.75) is 31.8 Å². The summed E-state index contributed by atoms with van der Waals surface area (Å²) >= 11 is 6.05. The minimum Gasteiger partial charge on any atom is -0.379 e. The second-order valence-electron chi connectivity index (χ2n) is 5.89. The largest absolute Gasteiger partial charge is 0.379 e. The van der Waals surface area contributed by atoms with Crippen molar-refractivity contribution in [3.8, 4) is 0 Å². The number of morpholine rings is 1. The van der Waals surface area contributed by atoms with E-state index in [2.05, 4.69) is 24.2 Å². The van der Waals surface area contributed by atoms with Crippen molar-refractivity contribution in [2.24, 2.45) is 5.84 Å². The van der Waals surface area contributed by atoms with Gasteiger partial charge in [-0.05, 0) is 31.9 Å². The highest BCUT2D eigenvalue weighted by Gasteiger charge is 2.36. The van der Waals surface area contributed by atoms with Crippen LogP contribution in [0.1, 0.15) is 19.4 Å². The van der Waals surface area contributed by atoms with Gasteiger partial charge < -0.3 is 4.74 Å². The molecule has 0 spiro atoms. The molecule has 1 aromatic carbocycles. The zero-order valence-corrected chi connectivity index (χ0v) is 13.3. The van der Waals surface area contributed by atoms with E-state index in [0.29, 0.717) is 6.42 Å². The Bertz CT molecular complexity index is 478. The molecule has 1 atom stereocenters. The smallest absolute Gasteiger partial charge is 0.142 e. The molecule has 1 aliphatic heterocycles. The van der Waals surface area contributed by atoms with E-state index in [4.69, 9.17) is 22.2 Å². The number of rotatable bonds is 5. The molecule has 0 aromatic heterocycles. The van der Waals surface area contributed by atoms with Crippen molar-refractivity contribution in [3.05, 3.63) is 34.6 Å². The van der Waals surface area contributed by atoms with E-state index in [1.54, 1.807) is 6.07 Å². The standard InChI is InChI=1S/C15H23ClFN3O/c1-15(2,20-6-8-21-9-7-20)13(19-18)10-11-4-3-5-12(17)14(11)16/h3-5,13,19H,6-10,18H2,1-2H3. The van der Waals surface area contributed by atoms with Gasteiger partial charge in [0.25, 0.3) is 0 Å². The average molecular weight is 316 g/mol. The fraction of sp³-hybridized carbons (Fsp3) is 0.600. The van der Waals surface area contributed by atoms with Gasteiger partial charge in [-0.3, -0.25) is 16.2 Å². The first-order valence-corrected chi connectivity index (χ1v) is 7.56. The maximum Gasteiger partial charge on any atom is 0.142 e. The van der Waals surface area contributed by atoms with Gasteiger partial charge in [0.15, 0.2) is 0 Å². The molecule has 1 aromatic rings. The minimum atomic E-state index is -0.394. The van der Waals surface area contributed by atoms with Crippen LogP contribution in [0.3, 0.4) is 0 Å². The molecule has 3 N–H and O–H groups in total. The molecule has 1 heterocycles. The van der Waals surface area contributed by atoms with Gasteiger partial charge in [-0.2, -0.15) is 0 Å². The molecule has 21 heavy (non-hydrogen) atoms. The fourth-order valence-corrected chi connectivity index (χ4v) is 3.00. The van der Waals surface area contributed by atoms with Gasteiger partial charge in [-0.25, -0.2) is 4.39 Å². The van der Waals surface area contributed by atoms with Gasteiger partial charge in [0.05, 0.1) is 18.2 Å². The molecule has 0 amide bonds. The normalized spacial score (nSPS) is 18.7. The Kier molecular flexibility index (Phi) is 5.57. The maximum absolute atomic E-state index is 13.6. The topological polar surface area (TPSA) is 50.5 Å². The molecular formula is C15H23ClFN3O. The second-order valence-corrected chi connectivity index (χ2v) is 6.27. The van der Waals surface area contributed by atoms with Crippen LogP contribution < -0.4 is 11.3 Å². The Balaban J connectivity index is 2.16. The molecular weight excluding hydrogens is 293 g/mol. The van der Waals surface area contributed by atoms with E-state index in [0.717, 1.165) is 31.9 Å². The number of nitrogens with two attached hydrogens (primary N) is 1. The highest BCUT2D eigenvalue weighted by Crippen LogP contribution is 2.26. The third-order valence-corrected chi connectivity index (χ3v) is 4.76. The number of ether oxygens (including phenoxy) is 1. The SMILES string of the molecule is CC(C)(C(Cc1cccc(F)c1Cl)NN)N1CCOCC1. The Morgan fingerprint density at radius 1 is 1.43 bits per heavy atom. The summed E-state index contributed by atoms with van der Waals surface area (Å²) in [5.74, 6) is 5.36. The van der Waals surface area contributed by atoms with Crippen LogP contribution in [0.25, 0.3) is 0 Å². The summed E-state index contributed by atoms with van der Waals surface area (Å²) in [4.78, 5) is 2.34. The van der Waals surface area contributed by atoms with Crippen LogP contribution >= 0.6 is 11.6 Å². The Labute approximate surface area is 130 Å². The number of hydrogen-bond acceptors (Lipinski definition) is 4. The molecule has 1 aliphatic rings. The molecule has 0 bridgehead atoms.